The van der Waals surface area contributed by atoms with Crippen molar-refractivity contribution >= 4 is 11.7 Å². The Morgan fingerprint density at radius 3 is 3.00 bits per heavy atom. The maximum Gasteiger partial charge on any atom is 0.257 e. The van der Waals surface area contributed by atoms with Crippen molar-refractivity contribution in [1.82, 2.24) is 25.1 Å². The molecule has 1 atom stereocenters. The second-order valence-corrected chi connectivity index (χ2v) is 4.24. The molecule has 0 aromatic carbocycles. The highest BCUT2D eigenvalue weighted by atomic mass is 16.1. The lowest BCUT2D eigenvalue weighted by Gasteiger charge is -2.14. The van der Waals surface area contributed by atoms with Crippen molar-refractivity contribution in [2.45, 2.75) is 26.4 Å². The van der Waals surface area contributed by atoms with Crippen LogP contribution in [0.1, 0.15) is 23.0 Å². The van der Waals surface area contributed by atoms with E-state index in [1.807, 2.05) is 17.7 Å². The highest BCUT2D eigenvalue weighted by molar-refractivity contribution is 5.99. The number of nitrogens with two attached hydrogens (primary N) is 1. The number of aromatic nitrogens is 4. The van der Waals surface area contributed by atoms with Crippen LogP contribution in [0.4, 0.5) is 5.82 Å². The Kier molecular flexibility index (Phi) is 3.31. The van der Waals surface area contributed by atoms with Crippen LogP contribution in [0.3, 0.4) is 0 Å². The lowest BCUT2D eigenvalue weighted by atomic mass is 10.2. The fourth-order valence-corrected chi connectivity index (χ4v) is 1.79. The zero-order valence-electron chi connectivity index (χ0n) is 10.3. The highest BCUT2D eigenvalue weighted by Crippen LogP contribution is 2.12. The van der Waals surface area contributed by atoms with Crippen LogP contribution in [-0.2, 0) is 6.54 Å². The number of nitrogen functional groups attached to an aromatic ring is 1. The standard InChI is InChI=1S/C11H16N6O/c1-7(5-17-4-3-13-6-17)14-11(18)9-8(2)15-16-10(9)12/h3-4,6-7H,5H2,1-2H3,(H,14,18)(H3,12,15,16). The molecule has 18 heavy (non-hydrogen) atoms. The molecule has 96 valence electrons. The van der Waals surface area contributed by atoms with Crippen molar-refractivity contribution in [3.05, 3.63) is 30.0 Å². The summed E-state index contributed by atoms with van der Waals surface area (Å²) in [6.07, 6.45) is 5.26. The summed E-state index contributed by atoms with van der Waals surface area (Å²) in [5.74, 6) is 0.00574. The lowest BCUT2D eigenvalue weighted by Crippen LogP contribution is -2.36. The molecule has 2 aromatic rings. The Hall–Kier alpha value is -2.31. The molecule has 7 nitrogen and oxygen atoms in total. The summed E-state index contributed by atoms with van der Waals surface area (Å²) < 4.78 is 1.90. The number of amides is 1. The predicted octanol–water partition coefficient (Wildman–Crippen LogP) is 0.315. The Balaban J connectivity index is 1.99. The van der Waals surface area contributed by atoms with E-state index < -0.39 is 0 Å². The molecule has 2 heterocycles. The van der Waals surface area contributed by atoms with E-state index in [0.717, 1.165) is 0 Å². The number of nitrogens with zero attached hydrogens (tertiary/aromatic N) is 3. The number of carbonyl (C=O) groups is 1. The maximum absolute atomic E-state index is 12.0. The molecule has 0 radical (unpaired) electrons. The van der Waals surface area contributed by atoms with Crippen LogP contribution in [-0.4, -0.2) is 31.7 Å². The van der Waals surface area contributed by atoms with Crippen LogP contribution in [0.2, 0.25) is 0 Å². The molecule has 0 bridgehead atoms. The number of hydrogen-bond acceptors (Lipinski definition) is 4. The Morgan fingerprint density at radius 2 is 2.44 bits per heavy atom. The van der Waals surface area contributed by atoms with Crippen LogP contribution in [0.15, 0.2) is 18.7 Å². The molecule has 0 aliphatic carbocycles. The van der Waals surface area contributed by atoms with Crippen molar-refractivity contribution in [3.63, 3.8) is 0 Å². The molecule has 0 saturated carbocycles. The monoisotopic (exact) mass is 248 g/mol. The predicted molar refractivity (Wildman–Crippen MR) is 66.9 cm³/mol. The van der Waals surface area contributed by atoms with E-state index in [1.165, 1.54) is 0 Å². The third-order valence-corrected chi connectivity index (χ3v) is 2.62. The molecule has 0 saturated heterocycles. The van der Waals surface area contributed by atoms with E-state index in [4.69, 9.17) is 5.73 Å². The first-order valence-electron chi connectivity index (χ1n) is 5.65. The van der Waals surface area contributed by atoms with Crippen LogP contribution >= 0.6 is 0 Å². The van der Waals surface area contributed by atoms with Crippen molar-refractivity contribution in [2.24, 2.45) is 0 Å². The molecule has 1 unspecified atom stereocenters. The largest absolute Gasteiger partial charge is 0.382 e. The van der Waals surface area contributed by atoms with Gasteiger partial charge in [-0.15, -0.1) is 0 Å². The smallest absolute Gasteiger partial charge is 0.257 e. The number of aryl methyl sites for hydroxylation is 1. The fourth-order valence-electron chi connectivity index (χ4n) is 1.79. The average molecular weight is 248 g/mol. The van der Waals surface area contributed by atoms with Gasteiger partial charge in [0.2, 0.25) is 0 Å². The van der Waals surface area contributed by atoms with Gasteiger partial charge in [0.25, 0.3) is 5.91 Å². The Bertz CT molecular complexity index is 510. The summed E-state index contributed by atoms with van der Waals surface area (Å²) >= 11 is 0. The van der Waals surface area contributed by atoms with Gasteiger partial charge in [0.15, 0.2) is 5.82 Å². The maximum atomic E-state index is 12.0. The van der Waals surface area contributed by atoms with Crippen LogP contribution in [0.5, 0.6) is 0 Å². The van der Waals surface area contributed by atoms with E-state index in [0.29, 0.717) is 17.8 Å². The second kappa shape index (κ2) is 4.91. The highest BCUT2D eigenvalue weighted by Gasteiger charge is 2.17. The SMILES string of the molecule is Cc1[nH]nc(N)c1C(=O)NC(C)Cn1ccnc1. The van der Waals surface area contributed by atoms with E-state index >= 15 is 0 Å². The first kappa shape index (κ1) is 12.2. The number of rotatable bonds is 4. The molecule has 2 rings (SSSR count). The Morgan fingerprint density at radius 1 is 1.67 bits per heavy atom. The van der Waals surface area contributed by atoms with E-state index in [9.17, 15) is 4.79 Å². The van der Waals surface area contributed by atoms with Gasteiger partial charge >= 0.3 is 0 Å². The molecule has 1 amide bonds. The van der Waals surface area contributed by atoms with Crippen molar-refractivity contribution in [3.8, 4) is 0 Å². The van der Waals surface area contributed by atoms with E-state index in [1.54, 1.807) is 19.4 Å². The van der Waals surface area contributed by atoms with Crippen molar-refractivity contribution < 1.29 is 4.79 Å². The molecular formula is C11H16N6O. The minimum atomic E-state index is -0.216. The Labute approximate surface area is 104 Å². The number of nitrogens with one attached hydrogen (secondary N) is 2. The molecule has 0 aliphatic heterocycles. The minimum absolute atomic E-state index is 0.0274. The summed E-state index contributed by atoms with van der Waals surface area (Å²) in [5.41, 5.74) is 6.71. The summed E-state index contributed by atoms with van der Waals surface area (Å²) in [4.78, 5) is 16.0. The topological polar surface area (TPSA) is 102 Å². The normalized spacial score (nSPS) is 12.3. The third kappa shape index (κ3) is 2.50. The number of aromatic amines is 1. The zero-order valence-corrected chi connectivity index (χ0v) is 10.3. The van der Waals surface area contributed by atoms with Gasteiger partial charge in [0, 0.05) is 30.7 Å². The molecule has 0 spiro atoms. The van der Waals surface area contributed by atoms with Crippen LogP contribution < -0.4 is 11.1 Å². The van der Waals surface area contributed by atoms with Crippen molar-refractivity contribution in [2.75, 3.05) is 5.73 Å². The third-order valence-electron chi connectivity index (χ3n) is 2.62. The number of anilines is 1. The number of carbonyl (C=O) groups excluding carboxylic acids is 1. The number of imidazole rings is 1. The average Bonchev–Trinajstić information content (AvgIpc) is 2.89. The molecule has 2 aromatic heterocycles. The van der Waals surface area contributed by atoms with Gasteiger partial charge < -0.3 is 15.6 Å². The van der Waals surface area contributed by atoms with Gasteiger partial charge in [-0.2, -0.15) is 5.10 Å². The first-order chi connectivity index (χ1) is 8.58. The molecule has 7 heteroatoms. The summed E-state index contributed by atoms with van der Waals surface area (Å²) in [5, 5.41) is 9.36. The second-order valence-electron chi connectivity index (χ2n) is 4.24. The zero-order chi connectivity index (χ0) is 13.1. The number of hydrogen-bond donors (Lipinski definition) is 3. The molecule has 0 aliphatic rings. The van der Waals surface area contributed by atoms with E-state index in [2.05, 4.69) is 20.5 Å². The van der Waals surface area contributed by atoms with Gasteiger partial charge in [-0.25, -0.2) is 4.98 Å². The quantitative estimate of drug-likeness (QED) is 0.725. The van der Waals surface area contributed by atoms with Crippen molar-refractivity contribution in [1.29, 1.82) is 0 Å². The first-order valence-corrected chi connectivity index (χ1v) is 5.65. The number of H-pyrrole nitrogens is 1. The summed E-state index contributed by atoms with van der Waals surface area (Å²) in [7, 11) is 0. The molecule has 0 fully saturated rings. The molecular weight excluding hydrogens is 232 g/mol. The fraction of sp³-hybridized carbons (Fsp3) is 0.364. The van der Waals surface area contributed by atoms with E-state index in [-0.39, 0.29) is 17.8 Å². The minimum Gasteiger partial charge on any atom is -0.382 e. The summed E-state index contributed by atoms with van der Waals surface area (Å²) in [6, 6.07) is -0.0274. The van der Waals surface area contributed by atoms with Gasteiger partial charge in [0.1, 0.15) is 5.56 Å². The summed E-state index contributed by atoms with van der Waals surface area (Å²) in [6.45, 7) is 4.34. The van der Waals surface area contributed by atoms with Crippen LogP contribution in [0.25, 0.3) is 0 Å². The van der Waals surface area contributed by atoms with Crippen LogP contribution in [0, 0.1) is 6.92 Å². The van der Waals surface area contributed by atoms with Gasteiger partial charge in [-0.1, -0.05) is 0 Å². The lowest BCUT2D eigenvalue weighted by molar-refractivity contribution is 0.0937. The van der Waals surface area contributed by atoms with Gasteiger partial charge in [-0.05, 0) is 13.8 Å². The molecule has 4 N–H and O–H groups in total. The van der Waals surface area contributed by atoms with Gasteiger partial charge in [0.05, 0.1) is 6.33 Å². The van der Waals surface area contributed by atoms with Gasteiger partial charge in [-0.3, -0.25) is 9.89 Å².